The Morgan fingerprint density at radius 3 is 2.53 bits per heavy atom. The minimum atomic E-state index is -0.177. The molecule has 0 fully saturated rings. The standard InChI is InChI=1S/C13H12FN/c1-9-3-4-12(13(14)7-9)11-5-6-15-8-10(11)2/h3-8H,1-2H3. The SMILES string of the molecule is Cc1ccc(-c2ccncc2C)c(F)c1. The summed E-state index contributed by atoms with van der Waals surface area (Å²) >= 11 is 0. The van der Waals surface area contributed by atoms with Crippen LogP contribution in [0.1, 0.15) is 11.1 Å². The van der Waals surface area contributed by atoms with E-state index in [1.807, 2.05) is 32.0 Å². The van der Waals surface area contributed by atoms with Crippen molar-refractivity contribution in [3.05, 3.63) is 53.6 Å². The molecule has 1 aromatic carbocycles. The van der Waals surface area contributed by atoms with Gasteiger partial charge in [0.1, 0.15) is 5.82 Å². The molecular formula is C13H12FN. The van der Waals surface area contributed by atoms with E-state index in [9.17, 15) is 4.39 Å². The molecule has 2 heteroatoms. The molecule has 0 unspecified atom stereocenters. The Morgan fingerprint density at radius 2 is 1.87 bits per heavy atom. The number of hydrogen-bond donors (Lipinski definition) is 0. The van der Waals surface area contributed by atoms with Gasteiger partial charge >= 0.3 is 0 Å². The van der Waals surface area contributed by atoms with Crippen molar-refractivity contribution in [2.75, 3.05) is 0 Å². The zero-order chi connectivity index (χ0) is 10.8. The van der Waals surface area contributed by atoms with Gasteiger partial charge < -0.3 is 0 Å². The highest BCUT2D eigenvalue weighted by Gasteiger charge is 2.06. The van der Waals surface area contributed by atoms with Crippen LogP contribution in [0.2, 0.25) is 0 Å². The lowest BCUT2D eigenvalue weighted by molar-refractivity contribution is 0.630. The highest BCUT2D eigenvalue weighted by molar-refractivity contribution is 5.67. The molecule has 2 rings (SSSR count). The third-order valence-corrected chi connectivity index (χ3v) is 2.44. The number of benzene rings is 1. The second-order valence-corrected chi connectivity index (χ2v) is 3.67. The smallest absolute Gasteiger partial charge is 0.131 e. The first kappa shape index (κ1) is 9.84. The van der Waals surface area contributed by atoms with E-state index in [1.54, 1.807) is 18.5 Å². The summed E-state index contributed by atoms with van der Waals surface area (Å²) in [5.41, 5.74) is 3.46. The van der Waals surface area contributed by atoms with E-state index < -0.39 is 0 Å². The van der Waals surface area contributed by atoms with Crippen LogP contribution in [0, 0.1) is 19.7 Å². The Morgan fingerprint density at radius 1 is 1.07 bits per heavy atom. The first-order valence-electron chi connectivity index (χ1n) is 4.85. The van der Waals surface area contributed by atoms with Crippen LogP contribution >= 0.6 is 0 Å². The monoisotopic (exact) mass is 201 g/mol. The van der Waals surface area contributed by atoms with Crippen LogP contribution in [0.15, 0.2) is 36.7 Å². The summed E-state index contributed by atoms with van der Waals surface area (Å²) in [5.74, 6) is -0.177. The van der Waals surface area contributed by atoms with Crippen LogP contribution in [0.5, 0.6) is 0 Å². The predicted octanol–water partition coefficient (Wildman–Crippen LogP) is 3.50. The highest BCUT2D eigenvalue weighted by atomic mass is 19.1. The molecule has 0 atom stereocenters. The van der Waals surface area contributed by atoms with Crippen LogP contribution in [0.4, 0.5) is 4.39 Å². The summed E-state index contributed by atoms with van der Waals surface area (Å²) < 4.78 is 13.7. The van der Waals surface area contributed by atoms with E-state index in [4.69, 9.17) is 0 Å². The van der Waals surface area contributed by atoms with Crippen molar-refractivity contribution >= 4 is 0 Å². The second-order valence-electron chi connectivity index (χ2n) is 3.67. The fourth-order valence-electron chi connectivity index (χ4n) is 1.61. The number of hydrogen-bond acceptors (Lipinski definition) is 1. The summed E-state index contributed by atoms with van der Waals surface area (Å²) in [4.78, 5) is 4.00. The van der Waals surface area contributed by atoms with Gasteiger partial charge in [-0.05, 0) is 42.7 Å². The van der Waals surface area contributed by atoms with E-state index in [0.717, 1.165) is 16.7 Å². The summed E-state index contributed by atoms with van der Waals surface area (Å²) in [5, 5.41) is 0. The lowest BCUT2D eigenvalue weighted by Crippen LogP contribution is -1.89. The zero-order valence-corrected chi connectivity index (χ0v) is 8.79. The molecule has 0 aliphatic rings. The number of nitrogens with zero attached hydrogens (tertiary/aromatic N) is 1. The van der Waals surface area contributed by atoms with Gasteiger partial charge in [-0.3, -0.25) is 4.98 Å². The van der Waals surface area contributed by atoms with Gasteiger partial charge in [-0.1, -0.05) is 12.1 Å². The largest absolute Gasteiger partial charge is 0.264 e. The Kier molecular flexibility index (Phi) is 2.50. The molecule has 15 heavy (non-hydrogen) atoms. The number of aryl methyl sites for hydroxylation is 2. The van der Waals surface area contributed by atoms with Crippen LogP contribution in [-0.2, 0) is 0 Å². The van der Waals surface area contributed by atoms with Crippen molar-refractivity contribution in [3.8, 4) is 11.1 Å². The third kappa shape index (κ3) is 1.89. The molecule has 0 saturated carbocycles. The van der Waals surface area contributed by atoms with Crippen LogP contribution in [0.3, 0.4) is 0 Å². The molecule has 0 aliphatic carbocycles. The summed E-state index contributed by atoms with van der Waals surface area (Å²) in [6, 6.07) is 7.11. The molecule has 0 amide bonds. The molecule has 0 aliphatic heterocycles. The topological polar surface area (TPSA) is 12.9 Å². The molecule has 0 radical (unpaired) electrons. The molecule has 0 spiro atoms. The van der Waals surface area contributed by atoms with Gasteiger partial charge in [-0.2, -0.15) is 0 Å². The fraction of sp³-hybridized carbons (Fsp3) is 0.154. The van der Waals surface area contributed by atoms with Crippen molar-refractivity contribution < 1.29 is 4.39 Å². The quantitative estimate of drug-likeness (QED) is 0.688. The second kappa shape index (κ2) is 3.81. The van der Waals surface area contributed by atoms with Gasteiger partial charge in [0.25, 0.3) is 0 Å². The van der Waals surface area contributed by atoms with Gasteiger partial charge in [0.15, 0.2) is 0 Å². The molecule has 1 heterocycles. The van der Waals surface area contributed by atoms with Crippen LogP contribution in [-0.4, -0.2) is 4.98 Å². The van der Waals surface area contributed by atoms with Gasteiger partial charge in [-0.15, -0.1) is 0 Å². The molecule has 0 bridgehead atoms. The minimum absolute atomic E-state index is 0.177. The molecule has 2 aromatic rings. The zero-order valence-electron chi connectivity index (χ0n) is 8.79. The Balaban J connectivity index is 2.60. The van der Waals surface area contributed by atoms with E-state index in [1.165, 1.54) is 0 Å². The number of pyridine rings is 1. The van der Waals surface area contributed by atoms with E-state index in [-0.39, 0.29) is 5.82 Å². The number of aromatic nitrogens is 1. The molecule has 0 saturated heterocycles. The van der Waals surface area contributed by atoms with Gasteiger partial charge in [0.2, 0.25) is 0 Å². The summed E-state index contributed by atoms with van der Waals surface area (Å²) in [6.07, 6.45) is 3.43. The van der Waals surface area contributed by atoms with E-state index >= 15 is 0 Å². The normalized spacial score (nSPS) is 10.3. The van der Waals surface area contributed by atoms with Crippen molar-refractivity contribution in [1.29, 1.82) is 0 Å². The molecule has 0 N–H and O–H groups in total. The maximum absolute atomic E-state index is 13.7. The van der Waals surface area contributed by atoms with Crippen molar-refractivity contribution in [2.24, 2.45) is 0 Å². The van der Waals surface area contributed by atoms with Crippen LogP contribution < -0.4 is 0 Å². The Hall–Kier alpha value is -1.70. The van der Waals surface area contributed by atoms with E-state index in [0.29, 0.717) is 5.56 Å². The molecule has 1 aromatic heterocycles. The maximum Gasteiger partial charge on any atom is 0.131 e. The van der Waals surface area contributed by atoms with Crippen molar-refractivity contribution in [1.82, 2.24) is 4.98 Å². The Labute approximate surface area is 88.6 Å². The lowest BCUT2D eigenvalue weighted by atomic mass is 10.0. The third-order valence-electron chi connectivity index (χ3n) is 2.44. The lowest BCUT2D eigenvalue weighted by Gasteiger charge is -2.06. The predicted molar refractivity (Wildman–Crippen MR) is 59.1 cm³/mol. The first-order chi connectivity index (χ1) is 7.18. The Bertz CT molecular complexity index is 492. The molecule has 1 nitrogen and oxygen atoms in total. The fourth-order valence-corrected chi connectivity index (χ4v) is 1.61. The maximum atomic E-state index is 13.7. The van der Waals surface area contributed by atoms with Gasteiger partial charge in [0, 0.05) is 18.0 Å². The van der Waals surface area contributed by atoms with Crippen molar-refractivity contribution in [3.63, 3.8) is 0 Å². The minimum Gasteiger partial charge on any atom is -0.264 e. The highest BCUT2D eigenvalue weighted by Crippen LogP contribution is 2.25. The number of rotatable bonds is 1. The molecular weight excluding hydrogens is 189 g/mol. The summed E-state index contributed by atoms with van der Waals surface area (Å²) in [6.45, 7) is 3.81. The number of halogens is 1. The average molecular weight is 201 g/mol. The first-order valence-corrected chi connectivity index (χ1v) is 4.85. The van der Waals surface area contributed by atoms with Crippen molar-refractivity contribution in [2.45, 2.75) is 13.8 Å². The van der Waals surface area contributed by atoms with E-state index in [2.05, 4.69) is 4.98 Å². The average Bonchev–Trinajstić information content (AvgIpc) is 2.20. The van der Waals surface area contributed by atoms with Crippen LogP contribution in [0.25, 0.3) is 11.1 Å². The van der Waals surface area contributed by atoms with Gasteiger partial charge in [-0.25, -0.2) is 4.39 Å². The van der Waals surface area contributed by atoms with Gasteiger partial charge in [0.05, 0.1) is 0 Å². The summed E-state index contributed by atoms with van der Waals surface area (Å²) in [7, 11) is 0. The molecule has 76 valence electrons.